The molecule has 1 unspecified atom stereocenters. The topological polar surface area (TPSA) is 21.3 Å². The quantitative estimate of drug-likeness (QED) is 0.833. The van der Waals surface area contributed by atoms with Gasteiger partial charge in [0, 0.05) is 5.02 Å². The summed E-state index contributed by atoms with van der Waals surface area (Å²) < 4.78 is 18.9. The van der Waals surface area contributed by atoms with Crippen molar-refractivity contribution < 1.29 is 9.13 Å². The van der Waals surface area contributed by atoms with E-state index in [1.54, 1.807) is 13.2 Å². The van der Waals surface area contributed by atoms with Crippen molar-refractivity contribution in [2.24, 2.45) is 0 Å². The van der Waals surface area contributed by atoms with Gasteiger partial charge in [0.2, 0.25) is 0 Å². The van der Waals surface area contributed by atoms with Crippen LogP contribution in [0, 0.1) is 5.82 Å². The van der Waals surface area contributed by atoms with Crippen molar-refractivity contribution >= 4 is 17.3 Å². The molecule has 0 aromatic heterocycles. The minimum atomic E-state index is -0.304. The first-order valence-corrected chi connectivity index (χ1v) is 6.87. The molecule has 0 aliphatic rings. The van der Waals surface area contributed by atoms with Gasteiger partial charge in [-0.05, 0) is 42.3 Å². The molecule has 0 fully saturated rings. The van der Waals surface area contributed by atoms with Crippen molar-refractivity contribution in [1.82, 2.24) is 0 Å². The van der Waals surface area contributed by atoms with Gasteiger partial charge in [0.15, 0.2) is 0 Å². The van der Waals surface area contributed by atoms with E-state index in [1.807, 2.05) is 31.2 Å². The molecule has 4 heteroatoms. The molecular formula is C16H17ClFNO. The molecule has 20 heavy (non-hydrogen) atoms. The number of halogens is 2. The summed E-state index contributed by atoms with van der Waals surface area (Å²) >= 11 is 5.91. The van der Waals surface area contributed by atoms with Crippen LogP contribution in [0.2, 0.25) is 5.02 Å². The Kier molecular flexibility index (Phi) is 4.85. The zero-order valence-corrected chi connectivity index (χ0v) is 12.2. The van der Waals surface area contributed by atoms with Crippen LogP contribution in [0.15, 0.2) is 42.5 Å². The molecule has 1 N–H and O–H groups in total. The molecule has 1 atom stereocenters. The summed E-state index contributed by atoms with van der Waals surface area (Å²) in [6, 6.07) is 12.3. The first-order valence-electron chi connectivity index (χ1n) is 6.49. The lowest BCUT2D eigenvalue weighted by atomic mass is 10.0. The van der Waals surface area contributed by atoms with E-state index in [1.165, 1.54) is 12.1 Å². The van der Waals surface area contributed by atoms with Crippen molar-refractivity contribution in [1.29, 1.82) is 0 Å². The number of rotatable bonds is 5. The molecule has 2 nitrogen and oxygen atoms in total. The number of benzene rings is 2. The number of methoxy groups -OCH3 is 1. The molecule has 0 saturated carbocycles. The summed E-state index contributed by atoms with van der Waals surface area (Å²) in [6.07, 6.45) is 0.832. The monoisotopic (exact) mass is 293 g/mol. The van der Waals surface area contributed by atoms with E-state index in [-0.39, 0.29) is 11.9 Å². The first kappa shape index (κ1) is 14.7. The van der Waals surface area contributed by atoms with Crippen LogP contribution in [-0.4, -0.2) is 7.11 Å². The molecule has 2 aromatic rings. The largest absolute Gasteiger partial charge is 0.497 e. The van der Waals surface area contributed by atoms with Gasteiger partial charge in [0.05, 0.1) is 18.8 Å². The van der Waals surface area contributed by atoms with Gasteiger partial charge in [-0.2, -0.15) is 0 Å². The highest BCUT2D eigenvalue weighted by Crippen LogP contribution is 2.27. The molecule has 0 bridgehead atoms. The lowest BCUT2D eigenvalue weighted by molar-refractivity contribution is 0.414. The van der Waals surface area contributed by atoms with Crippen molar-refractivity contribution in [2.75, 3.05) is 12.4 Å². The van der Waals surface area contributed by atoms with Gasteiger partial charge in [0.25, 0.3) is 0 Å². The van der Waals surface area contributed by atoms with E-state index < -0.39 is 0 Å². The van der Waals surface area contributed by atoms with Gasteiger partial charge in [-0.1, -0.05) is 30.7 Å². The number of ether oxygens (including phenoxy) is 1. The van der Waals surface area contributed by atoms with Crippen LogP contribution in [0.25, 0.3) is 0 Å². The van der Waals surface area contributed by atoms with Crippen molar-refractivity contribution in [3.63, 3.8) is 0 Å². The van der Waals surface area contributed by atoms with Crippen molar-refractivity contribution in [3.8, 4) is 5.75 Å². The van der Waals surface area contributed by atoms with E-state index in [9.17, 15) is 4.39 Å². The van der Waals surface area contributed by atoms with Crippen molar-refractivity contribution in [2.45, 2.75) is 19.4 Å². The molecule has 2 rings (SSSR count). The predicted molar refractivity (Wildman–Crippen MR) is 81.1 cm³/mol. The Hall–Kier alpha value is -1.74. The third-order valence-electron chi connectivity index (χ3n) is 3.18. The zero-order valence-electron chi connectivity index (χ0n) is 11.5. The predicted octanol–water partition coefficient (Wildman–Crippen LogP) is 5.05. The zero-order chi connectivity index (χ0) is 14.5. The highest BCUT2D eigenvalue weighted by molar-refractivity contribution is 6.30. The maximum atomic E-state index is 13.8. The smallest absolute Gasteiger partial charge is 0.146 e. The normalized spacial score (nSPS) is 12.0. The molecule has 0 radical (unpaired) electrons. The summed E-state index contributed by atoms with van der Waals surface area (Å²) in [5.74, 6) is 0.499. The van der Waals surface area contributed by atoms with Gasteiger partial charge in [0.1, 0.15) is 11.6 Å². The van der Waals surface area contributed by atoms with E-state index >= 15 is 0 Å². The standard InChI is InChI=1S/C16H17ClFNO/c1-3-15(11-4-7-13(20-2)8-5-11)19-16-10-12(17)6-9-14(16)18/h4-10,15,19H,3H2,1-2H3. The van der Waals surface area contributed by atoms with Crippen LogP contribution in [0.1, 0.15) is 24.9 Å². The molecule has 0 amide bonds. The van der Waals surface area contributed by atoms with Crippen LogP contribution < -0.4 is 10.1 Å². The lowest BCUT2D eigenvalue weighted by Crippen LogP contribution is -2.10. The fraction of sp³-hybridized carbons (Fsp3) is 0.250. The Morgan fingerprint density at radius 1 is 1.20 bits per heavy atom. The lowest BCUT2D eigenvalue weighted by Gasteiger charge is -2.19. The van der Waals surface area contributed by atoms with Crippen LogP contribution in [0.3, 0.4) is 0 Å². The molecule has 0 aliphatic heterocycles. The molecule has 0 spiro atoms. The summed E-state index contributed by atoms with van der Waals surface area (Å²) in [4.78, 5) is 0. The second-order valence-electron chi connectivity index (χ2n) is 4.50. The van der Waals surface area contributed by atoms with E-state index in [0.717, 1.165) is 17.7 Å². The third-order valence-corrected chi connectivity index (χ3v) is 3.42. The SMILES string of the molecule is CCC(Nc1cc(Cl)ccc1F)c1ccc(OC)cc1. The van der Waals surface area contributed by atoms with Gasteiger partial charge >= 0.3 is 0 Å². The number of nitrogens with one attached hydrogen (secondary N) is 1. The van der Waals surface area contributed by atoms with Crippen LogP contribution in [-0.2, 0) is 0 Å². The fourth-order valence-corrected chi connectivity index (χ4v) is 2.23. The fourth-order valence-electron chi connectivity index (χ4n) is 2.05. The minimum absolute atomic E-state index is 0.0221. The molecule has 106 valence electrons. The second kappa shape index (κ2) is 6.62. The van der Waals surface area contributed by atoms with Gasteiger partial charge in [-0.25, -0.2) is 4.39 Å². The van der Waals surface area contributed by atoms with Crippen LogP contribution >= 0.6 is 11.6 Å². The molecule has 0 aliphatic carbocycles. The highest BCUT2D eigenvalue weighted by atomic mass is 35.5. The third kappa shape index (κ3) is 3.42. The summed E-state index contributed by atoms with van der Waals surface area (Å²) in [7, 11) is 1.63. The number of hydrogen-bond acceptors (Lipinski definition) is 2. The Morgan fingerprint density at radius 2 is 1.90 bits per heavy atom. The molecule has 2 aromatic carbocycles. The first-order chi connectivity index (χ1) is 9.63. The molecule has 0 heterocycles. The van der Waals surface area contributed by atoms with Crippen LogP contribution in [0.5, 0.6) is 5.75 Å². The van der Waals surface area contributed by atoms with E-state index in [4.69, 9.17) is 16.3 Å². The second-order valence-corrected chi connectivity index (χ2v) is 4.94. The average Bonchev–Trinajstić information content (AvgIpc) is 2.48. The maximum absolute atomic E-state index is 13.8. The van der Waals surface area contributed by atoms with Crippen molar-refractivity contribution in [3.05, 3.63) is 58.9 Å². The van der Waals surface area contributed by atoms with Gasteiger partial charge in [-0.3, -0.25) is 0 Å². The Bertz CT molecular complexity index is 571. The summed E-state index contributed by atoms with van der Waals surface area (Å²) in [5.41, 5.74) is 1.49. The van der Waals surface area contributed by atoms with E-state index in [2.05, 4.69) is 5.32 Å². The maximum Gasteiger partial charge on any atom is 0.146 e. The van der Waals surface area contributed by atoms with E-state index in [0.29, 0.717) is 10.7 Å². The average molecular weight is 294 g/mol. The number of anilines is 1. The summed E-state index contributed by atoms with van der Waals surface area (Å²) in [6.45, 7) is 2.05. The Balaban J connectivity index is 2.21. The van der Waals surface area contributed by atoms with Crippen LogP contribution in [0.4, 0.5) is 10.1 Å². The Labute approximate surface area is 123 Å². The summed E-state index contributed by atoms with van der Waals surface area (Å²) in [5, 5.41) is 3.70. The van der Waals surface area contributed by atoms with Gasteiger partial charge in [-0.15, -0.1) is 0 Å². The molecular weight excluding hydrogens is 277 g/mol. The molecule has 0 saturated heterocycles. The minimum Gasteiger partial charge on any atom is -0.497 e. The number of hydrogen-bond donors (Lipinski definition) is 1. The highest BCUT2D eigenvalue weighted by Gasteiger charge is 2.12. The Morgan fingerprint density at radius 3 is 2.50 bits per heavy atom. The van der Waals surface area contributed by atoms with Gasteiger partial charge < -0.3 is 10.1 Å².